The maximum Gasteiger partial charge on any atom is 0.322 e. The molecule has 2 aromatic rings. The Hall–Kier alpha value is -3.59. The van der Waals surface area contributed by atoms with Crippen molar-refractivity contribution in [2.24, 2.45) is 17.8 Å². The molecule has 1 unspecified atom stereocenters. The minimum atomic E-state index is -0.406. The molecule has 0 spiro atoms. The molecule has 254 valence electrons. The lowest BCUT2D eigenvalue weighted by atomic mass is 9.78. The summed E-state index contributed by atoms with van der Waals surface area (Å²) < 4.78 is 5.60. The summed E-state index contributed by atoms with van der Waals surface area (Å²) in [6.07, 6.45) is 6.86. The Morgan fingerprint density at radius 3 is 2.11 bits per heavy atom. The van der Waals surface area contributed by atoms with Crippen molar-refractivity contribution in [2.45, 2.75) is 77.8 Å². The van der Waals surface area contributed by atoms with Crippen LogP contribution in [0.25, 0.3) is 0 Å². The molecule has 9 heteroatoms. The molecule has 0 saturated carbocycles. The summed E-state index contributed by atoms with van der Waals surface area (Å²) in [4.78, 5) is 49.3. The normalized spacial score (nSPS) is 20.9. The molecule has 1 N–H and O–H groups in total. The molecule has 3 saturated heterocycles. The van der Waals surface area contributed by atoms with Crippen LogP contribution in [-0.4, -0.2) is 96.9 Å². The van der Waals surface area contributed by atoms with Crippen molar-refractivity contribution in [2.75, 3.05) is 58.7 Å². The smallest absolute Gasteiger partial charge is 0.322 e. The number of rotatable bonds is 8. The first kappa shape index (κ1) is 33.3. The van der Waals surface area contributed by atoms with Gasteiger partial charge in [-0.05, 0) is 119 Å². The molecule has 2 aromatic carbocycles. The zero-order valence-corrected chi connectivity index (χ0v) is 28.8. The predicted molar refractivity (Wildman–Crippen MR) is 184 cm³/mol. The monoisotopic (exact) mass is 643 g/mol. The zero-order valence-electron chi connectivity index (χ0n) is 28.8. The molecule has 0 aromatic heterocycles. The third-order valence-electron chi connectivity index (χ3n) is 11.4. The van der Waals surface area contributed by atoms with Crippen LogP contribution in [0.1, 0.15) is 67.2 Å². The fourth-order valence-corrected chi connectivity index (χ4v) is 8.64. The van der Waals surface area contributed by atoms with E-state index in [4.69, 9.17) is 4.74 Å². The van der Waals surface area contributed by atoms with Gasteiger partial charge in [0, 0.05) is 50.9 Å². The van der Waals surface area contributed by atoms with E-state index in [1.807, 2.05) is 46.7 Å². The third-order valence-corrected chi connectivity index (χ3v) is 11.4. The van der Waals surface area contributed by atoms with Gasteiger partial charge in [0.25, 0.3) is 0 Å². The highest BCUT2D eigenvalue weighted by Crippen LogP contribution is 2.34. The van der Waals surface area contributed by atoms with Gasteiger partial charge in [-0.2, -0.15) is 0 Å². The van der Waals surface area contributed by atoms with Gasteiger partial charge >= 0.3 is 6.03 Å². The number of benzene rings is 2. The first-order valence-corrected chi connectivity index (χ1v) is 17.7. The Labute approximate surface area is 280 Å². The van der Waals surface area contributed by atoms with Crippen LogP contribution in [0.15, 0.2) is 36.4 Å². The lowest BCUT2D eigenvalue weighted by molar-refractivity contribution is -0.143. The van der Waals surface area contributed by atoms with E-state index in [9.17, 15) is 14.4 Å². The fraction of sp³-hybridized carbons (Fsp3) is 0.605. The van der Waals surface area contributed by atoms with Gasteiger partial charge in [0.2, 0.25) is 11.8 Å². The second-order valence-electron chi connectivity index (χ2n) is 14.5. The van der Waals surface area contributed by atoms with Crippen molar-refractivity contribution in [3.63, 3.8) is 0 Å². The van der Waals surface area contributed by atoms with Crippen LogP contribution >= 0.6 is 0 Å². The van der Waals surface area contributed by atoms with Crippen molar-refractivity contribution in [1.82, 2.24) is 19.6 Å². The van der Waals surface area contributed by atoms with Gasteiger partial charge in [-0.25, -0.2) is 4.79 Å². The Kier molecular flexibility index (Phi) is 10.4. The highest BCUT2D eigenvalue weighted by atomic mass is 16.5. The number of aryl methyl sites for hydroxylation is 2. The number of methoxy groups -OCH3 is 1. The zero-order chi connectivity index (χ0) is 33.1. The number of fused-ring (bicyclic) bond motifs is 1. The van der Waals surface area contributed by atoms with Gasteiger partial charge in [0.15, 0.2) is 0 Å². The van der Waals surface area contributed by atoms with E-state index in [0.29, 0.717) is 32.0 Å². The van der Waals surface area contributed by atoms with Crippen LogP contribution < -0.4 is 10.1 Å². The topological polar surface area (TPSA) is 85.4 Å². The van der Waals surface area contributed by atoms with E-state index in [0.717, 1.165) is 78.4 Å². The average Bonchev–Trinajstić information content (AvgIpc) is 3.08. The number of carbonyl (C=O) groups is 3. The molecule has 6 rings (SSSR count). The van der Waals surface area contributed by atoms with Gasteiger partial charge in [-0.15, -0.1) is 0 Å². The van der Waals surface area contributed by atoms with Crippen molar-refractivity contribution < 1.29 is 19.1 Å². The summed E-state index contributed by atoms with van der Waals surface area (Å²) in [5.74, 6) is 2.08. The van der Waals surface area contributed by atoms with Crippen LogP contribution in [0.2, 0.25) is 0 Å². The van der Waals surface area contributed by atoms with Gasteiger partial charge in [-0.3, -0.25) is 9.59 Å². The quantitative estimate of drug-likeness (QED) is 0.412. The van der Waals surface area contributed by atoms with Gasteiger partial charge in [0.05, 0.1) is 13.0 Å². The van der Waals surface area contributed by atoms with Crippen LogP contribution in [-0.2, 0) is 22.6 Å². The molecule has 4 heterocycles. The van der Waals surface area contributed by atoms with Gasteiger partial charge in [0.1, 0.15) is 5.75 Å². The van der Waals surface area contributed by atoms with Crippen LogP contribution in [0.5, 0.6) is 5.75 Å². The lowest BCUT2D eigenvalue weighted by Gasteiger charge is -2.41. The Morgan fingerprint density at radius 2 is 1.47 bits per heavy atom. The number of anilines is 1. The number of piperidine rings is 3. The number of urea groups is 1. The molecule has 1 atom stereocenters. The summed E-state index contributed by atoms with van der Waals surface area (Å²) >= 11 is 0. The maximum absolute atomic E-state index is 14.2. The van der Waals surface area contributed by atoms with E-state index in [1.165, 1.54) is 25.9 Å². The number of para-hydroxylation sites is 1. The molecule has 3 fully saturated rings. The van der Waals surface area contributed by atoms with Gasteiger partial charge < -0.3 is 29.7 Å². The summed E-state index contributed by atoms with van der Waals surface area (Å²) in [6, 6.07) is 12.2. The number of likely N-dealkylation sites (tertiary alicyclic amines) is 3. The number of hydrogen-bond donors (Lipinski definition) is 1. The third kappa shape index (κ3) is 7.61. The Morgan fingerprint density at radius 1 is 0.872 bits per heavy atom. The van der Waals surface area contributed by atoms with Crippen molar-refractivity contribution in [3.05, 3.63) is 58.7 Å². The molecule has 0 aliphatic carbocycles. The Balaban J connectivity index is 1.10. The first-order valence-electron chi connectivity index (χ1n) is 17.7. The van der Waals surface area contributed by atoms with Gasteiger partial charge in [-0.1, -0.05) is 30.3 Å². The number of amides is 4. The average molecular weight is 644 g/mol. The number of ether oxygens (including phenoxy) is 1. The molecule has 47 heavy (non-hydrogen) atoms. The second-order valence-corrected chi connectivity index (χ2v) is 14.5. The summed E-state index contributed by atoms with van der Waals surface area (Å²) in [7, 11) is 3.90. The number of nitrogens with zero attached hydrogens (tertiary/aromatic N) is 4. The predicted octanol–water partition coefficient (Wildman–Crippen LogP) is 5.48. The van der Waals surface area contributed by atoms with Crippen molar-refractivity contribution in [3.8, 4) is 5.75 Å². The molecule has 4 amide bonds. The molecular weight excluding hydrogens is 590 g/mol. The summed E-state index contributed by atoms with van der Waals surface area (Å²) in [5, 5.41) is 3.03. The molecule has 4 aliphatic rings. The number of nitrogens with one attached hydrogen (secondary N) is 1. The molecular formula is C38H53N5O4. The second kappa shape index (κ2) is 14.7. The summed E-state index contributed by atoms with van der Waals surface area (Å²) in [6.45, 7) is 9.77. The minimum absolute atomic E-state index is 0.0402. The first-order chi connectivity index (χ1) is 22.7. The van der Waals surface area contributed by atoms with E-state index >= 15 is 0 Å². The van der Waals surface area contributed by atoms with Crippen molar-refractivity contribution >= 4 is 23.5 Å². The van der Waals surface area contributed by atoms with E-state index in [2.05, 4.69) is 35.5 Å². The molecule has 4 aliphatic heterocycles. The van der Waals surface area contributed by atoms with Crippen LogP contribution in [0.4, 0.5) is 10.5 Å². The standard InChI is InChI=1S/C38H53N5O4/c1-26-21-28(22-27(2)36(26)47-4)23-32(37(45)42-17-11-30(12-18-42)29-9-15-40(3)16-10-29)24-35(44)41-19-13-33(14-20-41)43-25-31-7-5-6-8-34(31)39-38(43)46/h5-8,21-22,29-30,32-33H,9-20,23-25H2,1-4H3,(H,39,46). The van der Waals surface area contributed by atoms with Crippen molar-refractivity contribution in [1.29, 1.82) is 0 Å². The number of carbonyl (C=O) groups excluding carboxylic acids is 3. The molecule has 9 nitrogen and oxygen atoms in total. The highest BCUT2D eigenvalue weighted by Gasteiger charge is 2.36. The molecule has 0 bridgehead atoms. The lowest BCUT2D eigenvalue weighted by Crippen LogP contribution is -2.51. The minimum Gasteiger partial charge on any atom is -0.496 e. The summed E-state index contributed by atoms with van der Waals surface area (Å²) in [5.41, 5.74) is 5.16. The number of hydrogen-bond acceptors (Lipinski definition) is 5. The molecule has 0 radical (unpaired) electrons. The largest absolute Gasteiger partial charge is 0.496 e. The van der Waals surface area contributed by atoms with Crippen LogP contribution in [0, 0.1) is 31.6 Å². The SMILES string of the molecule is COc1c(C)cc(CC(CC(=O)N2CCC(N3Cc4ccccc4NC3=O)CC2)C(=O)N2CCC(C3CCN(C)CC3)CC2)cc1C. The van der Waals surface area contributed by atoms with E-state index in [-0.39, 0.29) is 30.3 Å². The Bertz CT molecular complexity index is 1410. The van der Waals surface area contributed by atoms with E-state index < -0.39 is 5.92 Å². The maximum atomic E-state index is 14.2. The fourth-order valence-electron chi connectivity index (χ4n) is 8.64. The highest BCUT2D eigenvalue weighted by molar-refractivity contribution is 5.92. The van der Waals surface area contributed by atoms with Crippen LogP contribution in [0.3, 0.4) is 0 Å². The van der Waals surface area contributed by atoms with E-state index in [1.54, 1.807) is 7.11 Å².